The van der Waals surface area contributed by atoms with E-state index in [0.717, 1.165) is 19.0 Å². The summed E-state index contributed by atoms with van der Waals surface area (Å²) in [5.74, 6) is 0.794. The molecular formula is C16H24ClN3O. The minimum absolute atomic E-state index is 0.0148. The number of hydrogen-bond acceptors (Lipinski definition) is 3. The number of nitrogens with zero attached hydrogens (tertiary/aromatic N) is 1. The Morgan fingerprint density at radius 2 is 2.14 bits per heavy atom. The zero-order valence-electron chi connectivity index (χ0n) is 12.7. The molecule has 1 atom stereocenters. The van der Waals surface area contributed by atoms with E-state index in [2.05, 4.69) is 17.1 Å². The lowest BCUT2D eigenvalue weighted by Gasteiger charge is -2.35. The summed E-state index contributed by atoms with van der Waals surface area (Å²) < 4.78 is 0. The molecule has 21 heavy (non-hydrogen) atoms. The highest BCUT2D eigenvalue weighted by Gasteiger charge is 2.26. The van der Waals surface area contributed by atoms with Gasteiger partial charge in [0, 0.05) is 5.02 Å². The minimum atomic E-state index is -0.141. The van der Waals surface area contributed by atoms with Gasteiger partial charge < -0.3 is 11.1 Å². The van der Waals surface area contributed by atoms with Crippen molar-refractivity contribution in [3.63, 3.8) is 0 Å². The van der Waals surface area contributed by atoms with Crippen molar-refractivity contribution in [3.05, 3.63) is 23.2 Å². The van der Waals surface area contributed by atoms with Crippen LogP contribution in [0.2, 0.25) is 5.02 Å². The van der Waals surface area contributed by atoms with Crippen LogP contribution in [0.4, 0.5) is 11.4 Å². The van der Waals surface area contributed by atoms with Crippen LogP contribution in [0.25, 0.3) is 0 Å². The van der Waals surface area contributed by atoms with Crippen molar-refractivity contribution in [1.29, 1.82) is 0 Å². The van der Waals surface area contributed by atoms with Gasteiger partial charge in [0.25, 0.3) is 0 Å². The summed E-state index contributed by atoms with van der Waals surface area (Å²) in [7, 11) is 0. The minimum Gasteiger partial charge on any atom is -0.397 e. The van der Waals surface area contributed by atoms with E-state index in [1.807, 2.05) is 6.92 Å². The Kier molecular flexibility index (Phi) is 5.48. The number of rotatable bonds is 4. The second-order valence-electron chi connectivity index (χ2n) is 5.78. The molecule has 116 valence electrons. The van der Waals surface area contributed by atoms with E-state index in [1.54, 1.807) is 18.2 Å². The third-order valence-corrected chi connectivity index (χ3v) is 4.66. The number of benzene rings is 1. The van der Waals surface area contributed by atoms with E-state index in [0.29, 0.717) is 16.4 Å². The van der Waals surface area contributed by atoms with Crippen LogP contribution in [0, 0.1) is 5.92 Å². The van der Waals surface area contributed by atoms with Crippen molar-refractivity contribution < 1.29 is 4.79 Å². The maximum Gasteiger partial charge on any atom is 0.241 e. The third-order valence-electron chi connectivity index (χ3n) is 4.43. The number of piperidine rings is 1. The van der Waals surface area contributed by atoms with Crippen molar-refractivity contribution in [1.82, 2.24) is 4.90 Å². The Morgan fingerprint density at radius 3 is 2.71 bits per heavy atom. The number of likely N-dealkylation sites (tertiary alicyclic amines) is 1. The molecule has 1 unspecified atom stereocenters. The van der Waals surface area contributed by atoms with Gasteiger partial charge in [-0.1, -0.05) is 24.9 Å². The highest BCUT2D eigenvalue weighted by atomic mass is 35.5. The predicted molar refractivity (Wildman–Crippen MR) is 88.5 cm³/mol. The van der Waals surface area contributed by atoms with Gasteiger partial charge in [-0.05, 0) is 57.0 Å². The Labute approximate surface area is 131 Å². The van der Waals surface area contributed by atoms with Crippen LogP contribution in [0.15, 0.2) is 18.2 Å². The van der Waals surface area contributed by atoms with Gasteiger partial charge in [0.15, 0.2) is 0 Å². The molecule has 2 rings (SSSR count). The fraction of sp³-hybridized carbons (Fsp3) is 0.562. The van der Waals surface area contributed by atoms with E-state index in [-0.39, 0.29) is 11.9 Å². The molecule has 1 amide bonds. The zero-order chi connectivity index (χ0) is 15.4. The molecule has 1 fully saturated rings. The van der Waals surface area contributed by atoms with Crippen LogP contribution in [0.3, 0.4) is 0 Å². The van der Waals surface area contributed by atoms with Crippen molar-refractivity contribution >= 4 is 28.9 Å². The fourth-order valence-corrected chi connectivity index (χ4v) is 2.98. The molecule has 4 nitrogen and oxygen atoms in total. The summed E-state index contributed by atoms with van der Waals surface area (Å²) in [6.07, 6.45) is 3.59. The average Bonchev–Trinajstić information content (AvgIpc) is 2.49. The summed E-state index contributed by atoms with van der Waals surface area (Å²) in [5, 5.41) is 3.47. The predicted octanol–water partition coefficient (Wildman–Crippen LogP) is 3.37. The van der Waals surface area contributed by atoms with Gasteiger partial charge in [-0.3, -0.25) is 9.69 Å². The molecule has 5 heteroatoms. The van der Waals surface area contributed by atoms with Gasteiger partial charge in [0.05, 0.1) is 17.4 Å². The molecule has 0 aliphatic carbocycles. The smallest absolute Gasteiger partial charge is 0.241 e. The van der Waals surface area contributed by atoms with Crippen LogP contribution >= 0.6 is 11.6 Å². The average molecular weight is 310 g/mol. The lowest BCUT2D eigenvalue weighted by Crippen LogP contribution is -2.46. The van der Waals surface area contributed by atoms with E-state index in [1.165, 1.54) is 19.3 Å². The molecule has 1 saturated heterocycles. The molecule has 1 aliphatic heterocycles. The number of nitrogens with two attached hydrogens (primary N) is 1. The van der Waals surface area contributed by atoms with Crippen molar-refractivity contribution in [2.75, 3.05) is 24.1 Å². The summed E-state index contributed by atoms with van der Waals surface area (Å²) in [6, 6.07) is 4.98. The summed E-state index contributed by atoms with van der Waals surface area (Å²) in [5.41, 5.74) is 6.99. The first kappa shape index (κ1) is 16.1. The number of hydrogen-bond donors (Lipinski definition) is 2. The van der Waals surface area contributed by atoms with Gasteiger partial charge in [-0.15, -0.1) is 0 Å². The normalized spacial score (nSPS) is 18.4. The monoisotopic (exact) mass is 309 g/mol. The van der Waals surface area contributed by atoms with E-state index < -0.39 is 0 Å². The molecule has 0 aromatic heterocycles. The lowest BCUT2D eigenvalue weighted by atomic mass is 9.93. The van der Waals surface area contributed by atoms with Gasteiger partial charge in [-0.2, -0.15) is 0 Å². The topological polar surface area (TPSA) is 58.4 Å². The van der Waals surface area contributed by atoms with E-state index in [9.17, 15) is 4.79 Å². The Hall–Kier alpha value is -1.26. The molecule has 0 bridgehead atoms. The SMILES string of the molecule is CCC1CCN(C(C)C(=O)Nc2ccc(Cl)cc2N)CC1. The van der Waals surface area contributed by atoms with Gasteiger partial charge >= 0.3 is 0 Å². The number of halogens is 1. The summed E-state index contributed by atoms with van der Waals surface area (Å²) >= 11 is 5.86. The van der Waals surface area contributed by atoms with Gasteiger partial charge in [-0.25, -0.2) is 0 Å². The Balaban J connectivity index is 1.93. The number of carbonyl (C=O) groups excluding carboxylic acids is 1. The molecule has 1 aromatic carbocycles. The molecular weight excluding hydrogens is 286 g/mol. The van der Waals surface area contributed by atoms with E-state index in [4.69, 9.17) is 17.3 Å². The van der Waals surface area contributed by atoms with Crippen LogP contribution in [0.5, 0.6) is 0 Å². The third kappa shape index (κ3) is 4.11. The standard InChI is InChI=1S/C16H24ClN3O/c1-3-12-6-8-20(9-7-12)11(2)16(21)19-15-5-4-13(17)10-14(15)18/h4-5,10-12H,3,6-9,18H2,1-2H3,(H,19,21). The Morgan fingerprint density at radius 1 is 1.48 bits per heavy atom. The first-order chi connectivity index (χ1) is 10.0. The van der Waals surface area contributed by atoms with Crippen molar-refractivity contribution in [2.24, 2.45) is 5.92 Å². The van der Waals surface area contributed by atoms with Gasteiger partial charge in [0.2, 0.25) is 5.91 Å². The molecule has 1 aliphatic rings. The largest absolute Gasteiger partial charge is 0.397 e. The number of nitrogen functional groups attached to an aromatic ring is 1. The number of nitrogens with one attached hydrogen (secondary N) is 1. The Bertz CT molecular complexity index is 498. The maximum absolute atomic E-state index is 12.4. The maximum atomic E-state index is 12.4. The summed E-state index contributed by atoms with van der Waals surface area (Å²) in [6.45, 7) is 6.17. The van der Waals surface area contributed by atoms with Gasteiger partial charge in [0.1, 0.15) is 0 Å². The molecule has 0 saturated carbocycles. The molecule has 1 heterocycles. The van der Waals surface area contributed by atoms with E-state index >= 15 is 0 Å². The molecule has 0 radical (unpaired) electrons. The van der Waals surface area contributed by atoms with Crippen molar-refractivity contribution in [2.45, 2.75) is 39.2 Å². The lowest BCUT2D eigenvalue weighted by molar-refractivity contribution is -0.121. The van der Waals surface area contributed by atoms with Crippen LogP contribution in [-0.4, -0.2) is 29.9 Å². The number of carbonyl (C=O) groups is 1. The second kappa shape index (κ2) is 7.14. The van der Waals surface area contributed by atoms with Crippen LogP contribution in [0.1, 0.15) is 33.1 Å². The van der Waals surface area contributed by atoms with Crippen molar-refractivity contribution in [3.8, 4) is 0 Å². The fourth-order valence-electron chi connectivity index (χ4n) is 2.80. The van der Waals surface area contributed by atoms with Crippen LogP contribution < -0.4 is 11.1 Å². The first-order valence-corrected chi connectivity index (χ1v) is 7.99. The quantitative estimate of drug-likeness (QED) is 0.838. The summed E-state index contributed by atoms with van der Waals surface area (Å²) in [4.78, 5) is 14.6. The van der Waals surface area contributed by atoms with Crippen LogP contribution in [-0.2, 0) is 4.79 Å². The molecule has 3 N–H and O–H groups in total. The molecule has 0 spiro atoms. The molecule has 1 aromatic rings. The zero-order valence-corrected chi connectivity index (χ0v) is 13.5. The second-order valence-corrected chi connectivity index (χ2v) is 6.22. The first-order valence-electron chi connectivity index (χ1n) is 7.61. The number of anilines is 2. The number of amides is 1. The highest BCUT2D eigenvalue weighted by molar-refractivity contribution is 6.31. The highest BCUT2D eigenvalue weighted by Crippen LogP contribution is 2.24.